The number of halogens is 3. The average Bonchev–Trinajstić information content (AvgIpc) is 2.02. The molecule has 0 aromatic carbocycles. The number of ketones is 1. The number of alkyl halides is 3. The first-order valence-corrected chi connectivity index (χ1v) is 4.48. The van der Waals surface area contributed by atoms with E-state index in [0.29, 0.717) is 0 Å². The van der Waals surface area contributed by atoms with Crippen molar-refractivity contribution < 1.29 is 18.0 Å². The van der Waals surface area contributed by atoms with Gasteiger partial charge in [-0.25, -0.2) is 0 Å². The number of likely N-dealkylation sites (N-methyl/N-ethyl adjacent to an activating group) is 1. The summed E-state index contributed by atoms with van der Waals surface area (Å²) in [5.41, 5.74) is -0.731. The van der Waals surface area contributed by atoms with Crippen LogP contribution in [0.1, 0.15) is 33.1 Å². The van der Waals surface area contributed by atoms with Crippen molar-refractivity contribution in [2.75, 3.05) is 7.05 Å². The lowest BCUT2D eigenvalue weighted by molar-refractivity contribution is -0.138. The summed E-state index contributed by atoms with van der Waals surface area (Å²) in [4.78, 5) is 11.4. The molecule has 0 radical (unpaired) electrons. The smallest absolute Gasteiger partial charge is 0.308 e. The van der Waals surface area contributed by atoms with Gasteiger partial charge in [-0.05, 0) is 27.3 Å². The van der Waals surface area contributed by atoms with E-state index in [1.807, 2.05) is 0 Å². The van der Waals surface area contributed by atoms with E-state index in [-0.39, 0.29) is 18.6 Å². The summed E-state index contributed by atoms with van der Waals surface area (Å²) in [7, 11) is 1.61. The van der Waals surface area contributed by atoms with Crippen LogP contribution in [0.3, 0.4) is 0 Å². The van der Waals surface area contributed by atoms with Crippen molar-refractivity contribution in [3.63, 3.8) is 0 Å². The molecule has 0 bridgehead atoms. The van der Waals surface area contributed by atoms with Gasteiger partial charge in [0.15, 0.2) is 5.78 Å². The Kier molecular flexibility index (Phi) is 4.58. The fourth-order valence-electron chi connectivity index (χ4n) is 0.901. The van der Waals surface area contributed by atoms with E-state index in [0.717, 1.165) is 0 Å². The van der Waals surface area contributed by atoms with Crippen LogP contribution in [-0.4, -0.2) is 24.5 Å². The zero-order valence-electron chi connectivity index (χ0n) is 8.66. The number of hydrogen-bond acceptors (Lipinski definition) is 2. The summed E-state index contributed by atoms with van der Waals surface area (Å²) in [5, 5.41) is 2.76. The van der Waals surface area contributed by atoms with Crippen LogP contribution in [-0.2, 0) is 4.79 Å². The predicted octanol–water partition coefficient (Wildman–Crippen LogP) is 2.29. The Morgan fingerprint density at radius 3 is 2.14 bits per heavy atom. The van der Waals surface area contributed by atoms with Gasteiger partial charge in [0.25, 0.3) is 0 Å². The second kappa shape index (κ2) is 4.77. The van der Waals surface area contributed by atoms with E-state index in [4.69, 9.17) is 0 Å². The molecular formula is C9H16F3NO. The molecule has 5 heteroatoms. The molecule has 0 saturated carbocycles. The van der Waals surface area contributed by atoms with Crippen LogP contribution >= 0.6 is 0 Å². The van der Waals surface area contributed by atoms with Crippen LogP contribution in [0.25, 0.3) is 0 Å². The van der Waals surface area contributed by atoms with E-state index in [9.17, 15) is 18.0 Å². The topological polar surface area (TPSA) is 29.1 Å². The molecule has 0 rings (SSSR count). The van der Waals surface area contributed by atoms with Crippen molar-refractivity contribution >= 4 is 5.78 Å². The van der Waals surface area contributed by atoms with Gasteiger partial charge >= 0.3 is 6.18 Å². The molecule has 0 aliphatic heterocycles. The standard InChI is InChI=1S/C9H16F3NO/c1-8(2,13-3)7(14)5-4-6-9(10,11)12/h13H,4-6H2,1-3H3. The van der Waals surface area contributed by atoms with Crippen LogP contribution in [0.15, 0.2) is 0 Å². The lowest BCUT2D eigenvalue weighted by atomic mass is 9.95. The van der Waals surface area contributed by atoms with Gasteiger partial charge in [-0.1, -0.05) is 0 Å². The summed E-state index contributed by atoms with van der Waals surface area (Å²) in [6, 6.07) is 0. The number of nitrogens with one attached hydrogen (secondary N) is 1. The van der Waals surface area contributed by atoms with E-state index in [2.05, 4.69) is 5.32 Å². The molecule has 0 aromatic heterocycles. The van der Waals surface area contributed by atoms with Gasteiger partial charge in [0, 0.05) is 12.8 Å². The highest BCUT2D eigenvalue weighted by atomic mass is 19.4. The number of carbonyl (C=O) groups excluding carboxylic acids is 1. The highest BCUT2D eigenvalue weighted by Gasteiger charge is 2.29. The van der Waals surface area contributed by atoms with Crippen molar-refractivity contribution in [2.45, 2.75) is 44.8 Å². The van der Waals surface area contributed by atoms with Crippen LogP contribution < -0.4 is 5.32 Å². The SMILES string of the molecule is CNC(C)(C)C(=O)CCCC(F)(F)F. The van der Waals surface area contributed by atoms with Gasteiger partial charge in [0.1, 0.15) is 0 Å². The van der Waals surface area contributed by atoms with E-state index >= 15 is 0 Å². The van der Waals surface area contributed by atoms with Gasteiger partial charge in [-0.15, -0.1) is 0 Å². The zero-order valence-corrected chi connectivity index (χ0v) is 8.66. The minimum atomic E-state index is -4.16. The molecule has 0 aromatic rings. The first kappa shape index (κ1) is 13.4. The molecule has 0 amide bonds. The number of Topliss-reactive ketones (excluding diaryl/α,β-unsaturated/α-hetero) is 1. The third kappa shape index (κ3) is 5.21. The normalized spacial score (nSPS) is 13.0. The number of carbonyl (C=O) groups is 1. The molecule has 0 fully saturated rings. The fourth-order valence-corrected chi connectivity index (χ4v) is 0.901. The van der Waals surface area contributed by atoms with Gasteiger partial charge in [0.05, 0.1) is 5.54 Å². The van der Waals surface area contributed by atoms with E-state index in [1.165, 1.54) is 0 Å². The molecule has 0 saturated heterocycles. The Bertz CT molecular complexity index is 199. The van der Waals surface area contributed by atoms with Crippen LogP contribution in [0.4, 0.5) is 13.2 Å². The molecule has 0 heterocycles. The zero-order chi connectivity index (χ0) is 11.4. The van der Waals surface area contributed by atoms with Crippen LogP contribution in [0.2, 0.25) is 0 Å². The van der Waals surface area contributed by atoms with Gasteiger partial charge in [-0.3, -0.25) is 4.79 Å². The van der Waals surface area contributed by atoms with Crippen LogP contribution in [0.5, 0.6) is 0 Å². The van der Waals surface area contributed by atoms with Crippen molar-refractivity contribution in [2.24, 2.45) is 0 Å². The first-order valence-electron chi connectivity index (χ1n) is 4.48. The summed E-state index contributed by atoms with van der Waals surface area (Å²) in [5.74, 6) is -0.191. The van der Waals surface area contributed by atoms with Crippen molar-refractivity contribution in [3.05, 3.63) is 0 Å². The summed E-state index contributed by atoms with van der Waals surface area (Å²) in [6.07, 6.45) is -5.22. The maximum absolute atomic E-state index is 11.8. The second-order valence-electron chi connectivity index (χ2n) is 3.77. The minimum absolute atomic E-state index is 0.0344. The van der Waals surface area contributed by atoms with Gasteiger partial charge < -0.3 is 5.32 Å². The highest BCUT2D eigenvalue weighted by Crippen LogP contribution is 2.23. The molecule has 14 heavy (non-hydrogen) atoms. The summed E-state index contributed by atoms with van der Waals surface area (Å²) in [6.45, 7) is 3.31. The third-order valence-electron chi connectivity index (χ3n) is 2.19. The summed E-state index contributed by atoms with van der Waals surface area (Å²) < 4.78 is 35.3. The van der Waals surface area contributed by atoms with Crippen molar-refractivity contribution in [1.29, 1.82) is 0 Å². The molecule has 0 spiro atoms. The highest BCUT2D eigenvalue weighted by molar-refractivity contribution is 5.87. The minimum Gasteiger partial charge on any atom is -0.308 e. The molecular weight excluding hydrogens is 195 g/mol. The second-order valence-corrected chi connectivity index (χ2v) is 3.77. The lowest BCUT2D eigenvalue weighted by Gasteiger charge is -2.22. The van der Waals surface area contributed by atoms with Crippen molar-refractivity contribution in [1.82, 2.24) is 5.32 Å². The third-order valence-corrected chi connectivity index (χ3v) is 2.19. The predicted molar refractivity (Wildman–Crippen MR) is 48.1 cm³/mol. The molecule has 0 atom stereocenters. The van der Waals surface area contributed by atoms with E-state index in [1.54, 1.807) is 20.9 Å². The van der Waals surface area contributed by atoms with Crippen molar-refractivity contribution in [3.8, 4) is 0 Å². The monoisotopic (exact) mass is 211 g/mol. The molecule has 84 valence electrons. The molecule has 0 unspecified atom stereocenters. The fraction of sp³-hybridized carbons (Fsp3) is 0.889. The first-order chi connectivity index (χ1) is 6.19. The molecule has 0 aliphatic carbocycles. The Balaban J connectivity index is 3.87. The Morgan fingerprint density at radius 2 is 1.79 bits per heavy atom. The lowest BCUT2D eigenvalue weighted by Crippen LogP contribution is -2.44. The molecule has 0 aliphatic rings. The largest absolute Gasteiger partial charge is 0.389 e. The molecule has 2 nitrogen and oxygen atoms in total. The van der Waals surface area contributed by atoms with E-state index < -0.39 is 18.1 Å². The quantitative estimate of drug-likeness (QED) is 0.755. The maximum atomic E-state index is 11.8. The van der Waals surface area contributed by atoms with Gasteiger partial charge in [-0.2, -0.15) is 13.2 Å². The Hall–Kier alpha value is -0.580. The Labute approximate surface area is 81.9 Å². The summed E-state index contributed by atoms with van der Waals surface area (Å²) >= 11 is 0. The average molecular weight is 211 g/mol. The van der Waals surface area contributed by atoms with Gasteiger partial charge in [0.2, 0.25) is 0 Å². The van der Waals surface area contributed by atoms with Crippen LogP contribution in [0, 0.1) is 0 Å². The Morgan fingerprint density at radius 1 is 1.29 bits per heavy atom. The number of hydrogen-bond donors (Lipinski definition) is 1. The number of rotatable bonds is 5. The maximum Gasteiger partial charge on any atom is 0.389 e. The molecule has 1 N–H and O–H groups in total.